The van der Waals surface area contributed by atoms with Crippen molar-refractivity contribution < 1.29 is 9.21 Å². The number of aryl methyl sites for hydroxylation is 2. The molecule has 22 heavy (non-hydrogen) atoms. The van der Waals surface area contributed by atoms with Crippen LogP contribution in [0, 0.1) is 18.3 Å². The molecule has 3 rings (SSSR count). The Morgan fingerprint density at radius 3 is 3.00 bits per heavy atom. The maximum absolute atomic E-state index is 12.3. The highest BCUT2D eigenvalue weighted by Crippen LogP contribution is 2.29. The Labute approximate surface area is 131 Å². The quantitative estimate of drug-likeness (QED) is 0.796. The normalized spacial score (nSPS) is 10.6. The van der Waals surface area contributed by atoms with Crippen molar-refractivity contribution in [2.24, 2.45) is 0 Å². The summed E-state index contributed by atoms with van der Waals surface area (Å²) in [5.74, 6) is -0.194. The summed E-state index contributed by atoms with van der Waals surface area (Å²) in [6, 6.07) is 9.11. The van der Waals surface area contributed by atoms with Gasteiger partial charge in [-0.15, -0.1) is 11.3 Å². The maximum atomic E-state index is 12.3. The van der Waals surface area contributed by atoms with Crippen LogP contribution in [0.5, 0.6) is 0 Å². The lowest BCUT2D eigenvalue weighted by atomic mass is 10.3. The van der Waals surface area contributed by atoms with Crippen LogP contribution in [0.4, 0.5) is 5.00 Å². The van der Waals surface area contributed by atoms with Crippen molar-refractivity contribution in [1.82, 2.24) is 4.98 Å². The van der Waals surface area contributed by atoms with E-state index in [1.165, 1.54) is 11.3 Å². The Kier molecular flexibility index (Phi) is 3.65. The molecule has 0 saturated carbocycles. The second-order valence-corrected chi connectivity index (χ2v) is 5.96. The van der Waals surface area contributed by atoms with E-state index in [1.807, 2.05) is 19.9 Å². The molecule has 1 N–H and O–H groups in total. The monoisotopic (exact) mass is 311 g/mol. The number of anilines is 1. The van der Waals surface area contributed by atoms with E-state index in [0.29, 0.717) is 21.7 Å². The highest BCUT2D eigenvalue weighted by atomic mass is 32.1. The van der Waals surface area contributed by atoms with Crippen LogP contribution < -0.4 is 5.32 Å². The predicted molar refractivity (Wildman–Crippen MR) is 85.1 cm³/mol. The van der Waals surface area contributed by atoms with E-state index in [4.69, 9.17) is 9.68 Å². The molecule has 110 valence electrons. The predicted octanol–water partition coefficient (Wildman–Crippen LogP) is 3.88. The van der Waals surface area contributed by atoms with Crippen molar-refractivity contribution in [2.75, 3.05) is 5.32 Å². The molecule has 3 heterocycles. The van der Waals surface area contributed by atoms with Crippen LogP contribution in [0.2, 0.25) is 0 Å². The number of pyridine rings is 1. The minimum atomic E-state index is -0.378. The number of nitriles is 1. The van der Waals surface area contributed by atoms with E-state index in [9.17, 15) is 4.79 Å². The fourth-order valence-electron chi connectivity index (χ4n) is 2.09. The van der Waals surface area contributed by atoms with Crippen molar-refractivity contribution in [3.05, 3.63) is 46.2 Å². The van der Waals surface area contributed by atoms with Gasteiger partial charge in [-0.2, -0.15) is 5.26 Å². The second-order valence-electron chi connectivity index (χ2n) is 4.82. The third-order valence-electron chi connectivity index (χ3n) is 3.22. The lowest BCUT2D eigenvalue weighted by molar-refractivity contribution is 0.0999. The standard InChI is InChI=1S/C16H13N3O2S/c1-3-11-6-10(8-17)16(22-11)19-15(20)14-7-12-13(21-14)5-4-9(2)18-12/h4-7H,3H2,1-2H3,(H,19,20). The molecule has 5 nitrogen and oxygen atoms in total. The van der Waals surface area contributed by atoms with Gasteiger partial charge in [0.25, 0.3) is 5.91 Å². The lowest BCUT2D eigenvalue weighted by Gasteiger charge is -1.99. The van der Waals surface area contributed by atoms with E-state index >= 15 is 0 Å². The smallest absolute Gasteiger partial charge is 0.292 e. The highest BCUT2D eigenvalue weighted by molar-refractivity contribution is 7.16. The molecule has 0 fully saturated rings. The molecule has 3 aromatic rings. The Bertz CT molecular complexity index is 902. The number of carbonyl (C=O) groups excluding carboxylic acids is 1. The molecule has 1 amide bonds. The molecule has 0 aromatic carbocycles. The fraction of sp³-hybridized carbons (Fsp3) is 0.188. The summed E-state index contributed by atoms with van der Waals surface area (Å²) in [4.78, 5) is 17.7. The van der Waals surface area contributed by atoms with Crippen LogP contribution in [0.3, 0.4) is 0 Å². The first-order chi connectivity index (χ1) is 10.6. The Balaban J connectivity index is 1.90. The number of hydrogen-bond acceptors (Lipinski definition) is 5. The van der Waals surface area contributed by atoms with Gasteiger partial charge in [0, 0.05) is 16.6 Å². The summed E-state index contributed by atoms with van der Waals surface area (Å²) in [6.45, 7) is 3.88. The SMILES string of the molecule is CCc1cc(C#N)c(NC(=O)c2cc3nc(C)ccc3o2)s1. The summed E-state index contributed by atoms with van der Waals surface area (Å²) in [5, 5.41) is 12.4. The van der Waals surface area contributed by atoms with Gasteiger partial charge in [0.2, 0.25) is 0 Å². The largest absolute Gasteiger partial charge is 0.449 e. The summed E-state index contributed by atoms with van der Waals surface area (Å²) in [5.41, 5.74) is 2.54. The number of fused-ring (bicyclic) bond motifs is 1. The highest BCUT2D eigenvalue weighted by Gasteiger charge is 2.16. The average molecular weight is 311 g/mol. The molecule has 0 unspecified atom stereocenters. The van der Waals surface area contributed by atoms with Crippen LogP contribution in [0.15, 0.2) is 28.7 Å². The molecule has 3 aromatic heterocycles. The van der Waals surface area contributed by atoms with Crippen molar-refractivity contribution in [2.45, 2.75) is 20.3 Å². The Hall–Kier alpha value is -2.65. The molecule has 6 heteroatoms. The van der Waals surface area contributed by atoms with E-state index in [1.54, 1.807) is 18.2 Å². The molecule has 0 saturated heterocycles. The number of nitrogens with zero attached hydrogens (tertiary/aromatic N) is 2. The van der Waals surface area contributed by atoms with Crippen LogP contribution in [-0.4, -0.2) is 10.9 Å². The summed E-state index contributed by atoms with van der Waals surface area (Å²) < 4.78 is 5.51. The van der Waals surface area contributed by atoms with Gasteiger partial charge in [0.05, 0.1) is 5.56 Å². The van der Waals surface area contributed by atoms with Gasteiger partial charge < -0.3 is 9.73 Å². The molecule has 0 spiro atoms. The summed E-state index contributed by atoms with van der Waals surface area (Å²) in [7, 11) is 0. The number of furan rings is 1. The number of nitrogens with one attached hydrogen (secondary N) is 1. The van der Waals surface area contributed by atoms with Crippen molar-refractivity contribution in [3.63, 3.8) is 0 Å². The van der Waals surface area contributed by atoms with Gasteiger partial charge in [0.1, 0.15) is 16.6 Å². The number of hydrogen-bond donors (Lipinski definition) is 1. The maximum Gasteiger partial charge on any atom is 0.292 e. The lowest BCUT2D eigenvalue weighted by Crippen LogP contribution is -2.10. The zero-order chi connectivity index (χ0) is 15.7. The van der Waals surface area contributed by atoms with Gasteiger partial charge >= 0.3 is 0 Å². The van der Waals surface area contributed by atoms with Gasteiger partial charge in [-0.25, -0.2) is 4.98 Å². The molecule has 0 aliphatic heterocycles. The third-order valence-corrected chi connectivity index (χ3v) is 4.41. The van der Waals surface area contributed by atoms with E-state index in [0.717, 1.165) is 17.0 Å². The minimum Gasteiger partial charge on any atom is -0.449 e. The van der Waals surface area contributed by atoms with Crippen LogP contribution in [0.1, 0.15) is 33.6 Å². The zero-order valence-corrected chi connectivity index (χ0v) is 13.0. The van der Waals surface area contributed by atoms with E-state index in [-0.39, 0.29) is 11.7 Å². The molecule has 0 aliphatic carbocycles. The first-order valence-electron chi connectivity index (χ1n) is 6.82. The summed E-state index contributed by atoms with van der Waals surface area (Å²) in [6.07, 6.45) is 0.822. The molecule has 0 atom stereocenters. The number of rotatable bonds is 3. The third kappa shape index (κ3) is 2.59. The number of thiophene rings is 1. The first-order valence-corrected chi connectivity index (χ1v) is 7.63. The molecular weight excluding hydrogens is 298 g/mol. The topological polar surface area (TPSA) is 78.9 Å². The van der Waals surface area contributed by atoms with Gasteiger partial charge in [-0.3, -0.25) is 4.79 Å². The number of amides is 1. The first kappa shape index (κ1) is 14.3. The average Bonchev–Trinajstić information content (AvgIpc) is 3.10. The van der Waals surface area contributed by atoms with Crippen LogP contribution >= 0.6 is 11.3 Å². The van der Waals surface area contributed by atoms with Crippen molar-refractivity contribution in [3.8, 4) is 6.07 Å². The van der Waals surface area contributed by atoms with Crippen molar-refractivity contribution in [1.29, 1.82) is 5.26 Å². The van der Waals surface area contributed by atoms with E-state index < -0.39 is 0 Å². The minimum absolute atomic E-state index is 0.184. The molecular formula is C16H13N3O2S. The Morgan fingerprint density at radius 1 is 1.45 bits per heavy atom. The van der Waals surface area contributed by atoms with Crippen LogP contribution in [0.25, 0.3) is 11.1 Å². The molecule has 0 radical (unpaired) electrons. The summed E-state index contributed by atoms with van der Waals surface area (Å²) >= 11 is 1.40. The molecule has 0 aliphatic rings. The van der Waals surface area contributed by atoms with Gasteiger partial charge in [-0.05, 0) is 31.5 Å². The Morgan fingerprint density at radius 2 is 2.27 bits per heavy atom. The number of carbonyl (C=O) groups is 1. The number of aromatic nitrogens is 1. The van der Waals surface area contributed by atoms with Gasteiger partial charge in [0.15, 0.2) is 11.3 Å². The van der Waals surface area contributed by atoms with E-state index in [2.05, 4.69) is 16.4 Å². The molecule has 0 bridgehead atoms. The van der Waals surface area contributed by atoms with Crippen LogP contribution in [-0.2, 0) is 6.42 Å². The fourth-order valence-corrected chi connectivity index (χ4v) is 3.04. The second kappa shape index (κ2) is 5.62. The van der Waals surface area contributed by atoms with Crippen molar-refractivity contribution >= 4 is 33.3 Å². The zero-order valence-electron chi connectivity index (χ0n) is 12.1. The van der Waals surface area contributed by atoms with Gasteiger partial charge in [-0.1, -0.05) is 6.92 Å².